The third-order valence-electron chi connectivity index (χ3n) is 5.54. The van der Waals surface area contributed by atoms with Crippen molar-refractivity contribution in [3.05, 3.63) is 41.3 Å². The molecule has 3 amide bonds. The SMILES string of the molecule is CC(C)CNC(=O)Nc1cccc(-c2ccc([C@@]3(CC(=O)NO)CCCCS3(=O)=O)s2)c1. The minimum absolute atomic E-state index is 0.0177. The van der Waals surface area contributed by atoms with Crippen LogP contribution in [0.25, 0.3) is 10.4 Å². The Kier molecular flexibility index (Phi) is 7.58. The second kappa shape index (κ2) is 10.0. The van der Waals surface area contributed by atoms with Crippen molar-refractivity contribution in [1.29, 1.82) is 0 Å². The van der Waals surface area contributed by atoms with Crippen molar-refractivity contribution in [1.82, 2.24) is 10.8 Å². The van der Waals surface area contributed by atoms with Gasteiger partial charge in [-0.1, -0.05) is 32.4 Å². The second-order valence-corrected chi connectivity index (χ2v) is 12.0. The summed E-state index contributed by atoms with van der Waals surface area (Å²) in [5.41, 5.74) is 3.04. The molecule has 1 aromatic heterocycles. The van der Waals surface area contributed by atoms with E-state index in [-0.39, 0.29) is 18.2 Å². The van der Waals surface area contributed by atoms with Crippen LogP contribution in [-0.4, -0.2) is 37.9 Å². The van der Waals surface area contributed by atoms with Gasteiger partial charge in [-0.25, -0.2) is 18.7 Å². The lowest BCUT2D eigenvalue weighted by Gasteiger charge is -2.35. The van der Waals surface area contributed by atoms with E-state index in [1.54, 1.807) is 17.6 Å². The molecule has 1 aromatic carbocycles. The molecule has 2 aromatic rings. The fraction of sp³-hybridized carbons (Fsp3) is 0.455. The molecule has 8 nitrogen and oxygen atoms in total. The van der Waals surface area contributed by atoms with Gasteiger partial charge in [0, 0.05) is 22.0 Å². The maximum absolute atomic E-state index is 13.1. The van der Waals surface area contributed by atoms with E-state index in [4.69, 9.17) is 5.21 Å². The van der Waals surface area contributed by atoms with Gasteiger partial charge in [0.1, 0.15) is 4.75 Å². The predicted molar refractivity (Wildman–Crippen MR) is 125 cm³/mol. The summed E-state index contributed by atoms with van der Waals surface area (Å²) in [4.78, 5) is 25.5. The number of thiophene rings is 1. The predicted octanol–water partition coefficient (Wildman–Crippen LogP) is 3.88. The number of rotatable bonds is 7. The van der Waals surface area contributed by atoms with Gasteiger partial charge >= 0.3 is 6.03 Å². The van der Waals surface area contributed by atoms with Crippen molar-refractivity contribution in [2.24, 2.45) is 5.92 Å². The molecule has 0 spiro atoms. The van der Waals surface area contributed by atoms with Crippen LogP contribution in [0.15, 0.2) is 36.4 Å². The Morgan fingerprint density at radius 3 is 2.66 bits per heavy atom. The number of nitrogens with one attached hydrogen (secondary N) is 3. The minimum atomic E-state index is -3.58. The monoisotopic (exact) mass is 479 g/mol. The van der Waals surface area contributed by atoms with Crippen LogP contribution in [0.5, 0.6) is 0 Å². The molecule has 0 bridgehead atoms. The number of carbonyl (C=O) groups is 2. The van der Waals surface area contributed by atoms with Gasteiger partial charge in [-0.3, -0.25) is 10.0 Å². The van der Waals surface area contributed by atoms with Crippen LogP contribution >= 0.6 is 11.3 Å². The van der Waals surface area contributed by atoms with Gasteiger partial charge in [0.05, 0.1) is 12.2 Å². The second-order valence-electron chi connectivity index (χ2n) is 8.46. The number of hydrogen-bond acceptors (Lipinski definition) is 6. The molecule has 0 unspecified atom stereocenters. The summed E-state index contributed by atoms with van der Waals surface area (Å²) >= 11 is 1.32. The summed E-state index contributed by atoms with van der Waals surface area (Å²) in [6.07, 6.45) is 1.27. The first kappa shape index (κ1) is 24.2. The summed E-state index contributed by atoms with van der Waals surface area (Å²) in [5.74, 6) is -0.360. The molecule has 1 saturated heterocycles. The average molecular weight is 480 g/mol. The fourth-order valence-corrected chi connectivity index (χ4v) is 7.65. The normalized spacial score (nSPS) is 20.0. The van der Waals surface area contributed by atoms with Crippen LogP contribution in [0.4, 0.5) is 10.5 Å². The zero-order valence-electron chi connectivity index (χ0n) is 18.2. The fourth-order valence-electron chi connectivity index (χ4n) is 3.87. The number of amides is 3. The Morgan fingerprint density at radius 1 is 1.19 bits per heavy atom. The van der Waals surface area contributed by atoms with Crippen LogP contribution in [0.1, 0.15) is 44.4 Å². The number of anilines is 1. The molecule has 4 N–H and O–H groups in total. The zero-order chi connectivity index (χ0) is 23.4. The summed E-state index contributed by atoms with van der Waals surface area (Å²) in [7, 11) is -3.58. The third kappa shape index (κ3) is 5.31. The number of sulfone groups is 1. The molecule has 1 fully saturated rings. The lowest BCUT2D eigenvalue weighted by molar-refractivity contribution is -0.130. The first-order chi connectivity index (χ1) is 15.2. The van der Waals surface area contributed by atoms with Gasteiger partial charge in [-0.05, 0) is 48.6 Å². The largest absolute Gasteiger partial charge is 0.338 e. The Bertz CT molecular complexity index is 1080. The lowest BCUT2D eigenvalue weighted by Crippen LogP contribution is -2.43. The Labute approximate surface area is 192 Å². The van der Waals surface area contributed by atoms with Crippen molar-refractivity contribution in [3.63, 3.8) is 0 Å². The van der Waals surface area contributed by atoms with Crippen molar-refractivity contribution in [2.45, 2.75) is 44.3 Å². The smallest absolute Gasteiger partial charge is 0.319 e. The number of carbonyl (C=O) groups excluding carboxylic acids is 2. The van der Waals surface area contributed by atoms with E-state index in [9.17, 15) is 18.0 Å². The molecular weight excluding hydrogens is 450 g/mol. The van der Waals surface area contributed by atoms with Gasteiger partial charge < -0.3 is 10.6 Å². The Hall–Kier alpha value is -2.43. The molecular formula is C22H29N3O5S2. The maximum Gasteiger partial charge on any atom is 0.319 e. The molecule has 174 valence electrons. The highest BCUT2D eigenvalue weighted by atomic mass is 32.2. The third-order valence-corrected chi connectivity index (χ3v) is 9.59. The van der Waals surface area contributed by atoms with Crippen LogP contribution in [0.2, 0.25) is 0 Å². The van der Waals surface area contributed by atoms with E-state index in [0.717, 1.165) is 10.4 Å². The van der Waals surface area contributed by atoms with Crippen LogP contribution in [0, 0.1) is 5.92 Å². The van der Waals surface area contributed by atoms with E-state index in [0.29, 0.717) is 42.3 Å². The van der Waals surface area contributed by atoms with Gasteiger partial charge in [0.25, 0.3) is 0 Å². The molecule has 1 aliphatic heterocycles. The standard InChI is InChI=1S/C22H29N3O5S2/c1-15(2)14-23-21(27)24-17-7-5-6-16(12-17)18-8-9-19(31-18)22(13-20(26)25-28)10-3-4-11-32(22,29)30/h5-9,12,15,28H,3-4,10-11,13-14H2,1-2H3,(H,25,26)(H2,23,24,27)/t22-/m0/s1. The molecule has 32 heavy (non-hydrogen) atoms. The van der Waals surface area contributed by atoms with Crippen molar-refractivity contribution < 1.29 is 23.2 Å². The topological polar surface area (TPSA) is 125 Å². The quantitative estimate of drug-likeness (QED) is 0.354. The number of benzene rings is 1. The highest BCUT2D eigenvalue weighted by Gasteiger charge is 2.49. The van der Waals surface area contributed by atoms with Crippen LogP contribution < -0.4 is 16.1 Å². The summed E-state index contributed by atoms with van der Waals surface area (Å²) in [5, 5.41) is 14.6. The highest BCUT2D eigenvalue weighted by molar-refractivity contribution is 7.92. The molecule has 1 aliphatic rings. The zero-order valence-corrected chi connectivity index (χ0v) is 19.8. The summed E-state index contributed by atoms with van der Waals surface area (Å²) in [6.45, 7) is 4.59. The van der Waals surface area contributed by atoms with Gasteiger partial charge in [-0.2, -0.15) is 0 Å². The Morgan fingerprint density at radius 2 is 1.97 bits per heavy atom. The van der Waals surface area contributed by atoms with Gasteiger partial charge in [0.2, 0.25) is 5.91 Å². The van der Waals surface area contributed by atoms with Crippen molar-refractivity contribution >= 4 is 38.8 Å². The maximum atomic E-state index is 13.1. The van der Waals surface area contributed by atoms with Crippen LogP contribution in [-0.2, 0) is 19.4 Å². The van der Waals surface area contributed by atoms with Crippen molar-refractivity contribution in [3.8, 4) is 10.4 Å². The van der Waals surface area contributed by atoms with E-state index in [2.05, 4.69) is 10.6 Å². The van der Waals surface area contributed by atoms with Crippen LogP contribution in [0.3, 0.4) is 0 Å². The van der Waals surface area contributed by atoms with Crippen molar-refractivity contribution in [2.75, 3.05) is 17.6 Å². The minimum Gasteiger partial charge on any atom is -0.338 e. The molecule has 3 rings (SSSR count). The van der Waals surface area contributed by atoms with E-state index < -0.39 is 20.5 Å². The molecule has 0 radical (unpaired) electrons. The van der Waals surface area contributed by atoms with E-state index >= 15 is 0 Å². The van der Waals surface area contributed by atoms with E-state index in [1.165, 1.54) is 11.3 Å². The number of hydroxylamine groups is 1. The molecule has 2 heterocycles. The average Bonchev–Trinajstić information content (AvgIpc) is 3.24. The number of urea groups is 1. The van der Waals surface area contributed by atoms with E-state index in [1.807, 2.05) is 38.1 Å². The first-order valence-corrected chi connectivity index (χ1v) is 13.0. The Balaban J connectivity index is 1.88. The number of hydrogen-bond donors (Lipinski definition) is 4. The van der Waals surface area contributed by atoms with Gasteiger partial charge in [0.15, 0.2) is 9.84 Å². The first-order valence-electron chi connectivity index (χ1n) is 10.6. The lowest BCUT2D eigenvalue weighted by atomic mass is 9.94. The summed E-state index contributed by atoms with van der Waals surface area (Å²) in [6, 6.07) is 10.6. The molecule has 0 saturated carbocycles. The molecule has 0 aliphatic carbocycles. The van der Waals surface area contributed by atoms with Gasteiger partial charge in [-0.15, -0.1) is 11.3 Å². The highest BCUT2D eigenvalue weighted by Crippen LogP contribution is 2.47. The molecule has 10 heteroatoms. The summed E-state index contributed by atoms with van der Waals surface area (Å²) < 4.78 is 24.8. The molecule has 1 atom stereocenters.